The number of aromatic nitrogens is 1. The highest BCUT2D eigenvalue weighted by atomic mass is 16.5. The van der Waals surface area contributed by atoms with E-state index in [0.29, 0.717) is 23.3 Å². The number of aromatic amines is 1. The first-order chi connectivity index (χ1) is 8.13. The minimum Gasteiger partial charge on any atom is -0.425 e. The van der Waals surface area contributed by atoms with Crippen LogP contribution in [0.4, 0.5) is 0 Å². The Morgan fingerprint density at radius 1 is 1.35 bits per heavy atom. The molecule has 1 aromatic carbocycles. The monoisotopic (exact) mass is 231 g/mol. The number of hydrogen-bond donors (Lipinski definition) is 1. The van der Waals surface area contributed by atoms with Gasteiger partial charge in [-0.1, -0.05) is 19.1 Å². The van der Waals surface area contributed by atoms with Gasteiger partial charge in [-0.3, -0.25) is 9.59 Å². The van der Waals surface area contributed by atoms with Crippen LogP contribution in [0.1, 0.15) is 19.4 Å². The number of para-hydroxylation sites is 1. The van der Waals surface area contributed by atoms with Crippen molar-refractivity contribution in [1.82, 2.24) is 4.98 Å². The van der Waals surface area contributed by atoms with Gasteiger partial charge in [0.15, 0.2) is 0 Å². The summed E-state index contributed by atoms with van der Waals surface area (Å²) in [6.45, 7) is 3.18. The molecule has 4 heteroatoms. The van der Waals surface area contributed by atoms with Crippen LogP contribution in [0.3, 0.4) is 0 Å². The molecule has 0 bridgehead atoms. The number of carbonyl (C=O) groups excluding carboxylic acids is 1. The van der Waals surface area contributed by atoms with Crippen molar-refractivity contribution in [2.75, 3.05) is 0 Å². The number of fused-ring (bicyclic) bond motifs is 1. The Hall–Kier alpha value is -2.10. The summed E-state index contributed by atoms with van der Waals surface area (Å²) in [7, 11) is 0. The van der Waals surface area contributed by atoms with Crippen LogP contribution in [0.2, 0.25) is 0 Å². The lowest BCUT2D eigenvalue weighted by molar-refractivity contribution is -0.131. The van der Waals surface area contributed by atoms with Gasteiger partial charge in [-0.15, -0.1) is 0 Å². The van der Waals surface area contributed by atoms with Gasteiger partial charge in [0.25, 0.3) is 5.56 Å². The molecule has 0 unspecified atom stereocenters. The normalized spacial score (nSPS) is 10.5. The zero-order valence-electron chi connectivity index (χ0n) is 9.74. The summed E-state index contributed by atoms with van der Waals surface area (Å²) >= 11 is 0. The molecule has 1 aromatic heterocycles. The van der Waals surface area contributed by atoms with Gasteiger partial charge in [0, 0.05) is 12.3 Å². The van der Waals surface area contributed by atoms with E-state index in [-0.39, 0.29) is 5.56 Å². The topological polar surface area (TPSA) is 59.2 Å². The molecule has 1 N–H and O–H groups in total. The maximum absolute atomic E-state index is 11.8. The Morgan fingerprint density at radius 3 is 2.71 bits per heavy atom. The third-order valence-corrected chi connectivity index (χ3v) is 2.57. The predicted octanol–water partition coefficient (Wildman–Crippen LogP) is 2.02. The van der Waals surface area contributed by atoms with E-state index in [9.17, 15) is 9.59 Å². The fourth-order valence-corrected chi connectivity index (χ4v) is 1.83. The number of nitrogens with one attached hydrogen (secondary N) is 1. The highest BCUT2D eigenvalue weighted by Gasteiger charge is 2.13. The van der Waals surface area contributed by atoms with Gasteiger partial charge in [-0.2, -0.15) is 0 Å². The summed E-state index contributed by atoms with van der Waals surface area (Å²) in [5.74, 6) is -0.0465. The third-order valence-electron chi connectivity index (χ3n) is 2.57. The first-order valence-electron chi connectivity index (χ1n) is 5.45. The van der Waals surface area contributed by atoms with E-state index in [0.717, 1.165) is 5.39 Å². The number of ether oxygens (including phenoxy) is 1. The molecule has 0 fully saturated rings. The predicted molar refractivity (Wildman–Crippen MR) is 65.3 cm³/mol. The van der Waals surface area contributed by atoms with Gasteiger partial charge in [-0.25, -0.2) is 0 Å². The third kappa shape index (κ3) is 2.06. The number of rotatable bonds is 2. The van der Waals surface area contributed by atoms with Gasteiger partial charge < -0.3 is 9.72 Å². The Balaban J connectivity index is 2.81. The fraction of sp³-hybridized carbons (Fsp3) is 0.231. The van der Waals surface area contributed by atoms with Gasteiger partial charge in [0.1, 0.15) is 5.75 Å². The largest absolute Gasteiger partial charge is 0.425 e. The van der Waals surface area contributed by atoms with E-state index < -0.39 is 5.97 Å². The number of H-pyrrole nitrogens is 1. The fourth-order valence-electron chi connectivity index (χ4n) is 1.83. The van der Waals surface area contributed by atoms with E-state index in [1.807, 2.05) is 25.1 Å². The minimum atomic E-state index is -0.421. The van der Waals surface area contributed by atoms with Crippen molar-refractivity contribution in [3.05, 3.63) is 40.2 Å². The highest BCUT2D eigenvalue weighted by molar-refractivity contribution is 5.88. The number of carbonyl (C=O) groups is 1. The van der Waals surface area contributed by atoms with Crippen molar-refractivity contribution >= 4 is 16.9 Å². The number of hydrogen-bond acceptors (Lipinski definition) is 3. The van der Waals surface area contributed by atoms with E-state index in [1.54, 1.807) is 6.07 Å². The van der Waals surface area contributed by atoms with Crippen LogP contribution < -0.4 is 10.3 Å². The Labute approximate surface area is 98.2 Å². The van der Waals surface area contributed by atoms with Crippen LogP contribution in [0, 0.1) is 0 Å². The van der Waals surface area contributed by atoms with Crippen LogP contribution in [-0.4, -0.2) is 11.0 Å². The lowest BCUT2D eigenvalue weighted by Gasteiger charge is -2.10. The van der Waals surface area contributed by atoms with Crippen molar-refractivity contribution in [2.24, 2.45) is 0 Å². The van der Waals surface area contributed by atoms with Crippen molar-refractivity contribution < 1.29 is 9.53 Å². The maximum Gasteiger partial charge on any atom is 0.308 e. The zero-order valence-corrected chi connectivity index (χ0v) is 9.74. The summed E-state index contributed by atoms with van der Waals surface area (Å²) in [6, 6.07) is 7.26. The lowest BCUT2D eigenvalue weighted by Crippen LogP contribution is -2.16. The lowest BCUT2D eigenvalue weighted by atomic mass is 10.1. The van der Waals surface area contributed by atoms with Crippen molar-refractivity contribution in [3.8, 4) is 5.75 Å². The summed E-state index contributed by atoms with van der Waals surface area (Å²) in [5.41, 5.74) is 0.965. The van der Waals surface area contributed by atoms with Gasteiger partial charge in [0.05, 0.1) is 11.1 Å². The Morgan fingerprint density at radius 2 is 2.06 bits per heavy atom. The summed E-state index contributed by atoms with van der Waals surface area (Å²) in [4.78, 5) is 25.7. The molecule has 0 saturated carbocycles. The number of pyridine rings is 1. The zero-order chi connectivity index (χ0) is 12.4. The molecular weight excluding hydrogens is 218 g/mol. The number of benzene rings is 1. The Bertz CT molecular complexity index is 628. The summed E-state index contributed by atoms with van der Waals surface area (Å²) in [5, 5.41) is 0.749. The average Bonchev–Trinajstić information content (AvgIpc) is 2.28. The number of esters is 1. The van der Waals surface area contributed by atoms with Crippen LogP contribution in [-0.2, 0) is 11.2 Å². The van der Waals surface area contributed by atoms with Crippen LogP contribution in [0.5, 0.6) is 5.75 Å². The van der Waals surface area contributed by atoms with Gasteiger partial charge in [-0.05, 0) is 18.6 Å². The van der Waals surface area contributed by atoms with E-state index >= 15 is 0 Å². The average molecular weight is 231 g/mol. The molecule has 0 spiro atoms. The molecule has 2 aromatic rings. The van der Waals surface area contributed by atoms with Crippen molar-refractivity contribution in [1.29, 1.82) is 0 Å². The molecule has 1 heterocycles. The second-order valence-corrected chi connectivity index (χ2v) is 3.75. The maximum atomic E-state index is 11.8. The summed E-state index contributed by atoms with van der Waals surface area (Å²) < 4.78 is 5.17. The molecule has 17 heavy (non-hydrogen) atoms. The smallest absolute Gasteiger partial charge is 0.308 e. The minimum absolute atomic E-state index is 0.206. The summed E-state index contributed by atoms with van der Waals surface area (Å²) in [6.07, 6.45) is 0.517. The van der Waals surface area contributed by atoms with Crippen LogP contribution in [0.25, 0.3) is 10.9 Å². The van der Waals surface area contributed by atoms with Crippen molar-refractivity contribution in [2.45, 2.75) is 20.3 Å². The quantitative estimate of drug-likeness (QED) is 0.804. The van der Waals surface area contributed by atoms with Crippen LogP contribution >= 0.6 is 0 Å². The van der Waals surface area contributed by atoms with Gasteiger partial charge >= 0.3 is 5.97 Å². The Kier molecular flexibility index (Phi) is 2.95. The SMILES string of the molecule is CCc1c(OC(C)=O)c2ccccc2[nH]c1=O. The molecular formula is C13H13NO3. The second-order valence-electron chi connectivity index (χ2n) is 3.75. The molecule has 88 valence electrons. The first-order valence-corrected chi connectivity index (χ1v) is 5.45. The second kappa shape index (κ2) is 4.41. The van der Waals surface area contributed by atoms with Crippen LogP contribution in [0.15, 0.2) is 29.1 Å². The van der Waals surface area contributed by atoms with E-state index in [1.165, 1.54) is 6.92 Å². The molecule has 0 amide bonds. The molecule has 4 nitrogen and oxygen atoms in total. The van der Waals surface area contributed by atoms with E-state index in [2.05, 4.69) is 4.98 Å². The van der Waals surface area contributed by atoms with Crippen molar-refractivity contribution in [3.63, 3.8) is 0 Å². The highest BCUT2D eigenvalue weighted by Crippen LogP contribution is 2.26. The molecule has 2 rings (SSSR count). The molecule has 0 aliphatic heterocycles. The first kappa shape index (κ1) is 11.4. The molecule has 0 atom stereocenters. The standard InChI is InChI=1S/C13H13NO3/c1-3-9-12(17-8(2)15)10-6-4-5-7-11(10)14-13(9)16/h4-7H,3H2,1-2H3,(H,14,16). The van der Waals surface area contributed by atoms with E-state index in [4.69, 9.17) is 4.74 Å². The molecule has 0 aliphatic carbocycles. The molecule has 0 aliphatic rings. The van der Waals surface area contributed by atoms with Gasteiger partial charge in [0.2, 0.25) is 0 Å². The molecule has 0 radical (unpaired) electrons. The molecule has 0 saturated heterocycles.